The van der Waals surface area contributed by atoms with Gasteiger partial charge in [-0.15, -0.1) is 10.2 Å². The summed E-state index contributed by atoms with van der Waals surface area (Å²) in [5.74, 6) is 1.64. The van der Waals surface area contributed by atoms with E-state index in [4.69, 9.17) is 4.42 Å². The molecule has 2 fully saturated rings. The molecule has 2 aromatic heterocycles. The van der Waals surface area contributed by atoms with Crippen molar-refractivity contribution in [1.29, 1.82) is 0 Å². The van der Waals surface area contributed by atoms with E-state index in [0.29, 0.717) is 35.7 Å². The number of hydrogen-bond donors (Lipinski definition) is 0. The molecular weight excluding hydrogens is 458 g/mol. The summed E-state index contributed by atoms with van der Waals surface area (Å²) in [7, 11) is 1.88. The Morgan fingerprint density at radius 2 is 2.09 bits per heavy atom. The summed E-state index contributed by atoms with van der Waals surface area (Å²) in [4.78, 5) is 6.37. The van der Waals surface area contributed by atoms with Crippen LogP contribution in [-0.4, -0.2) is 50.0 Å². The Hall–Kier alpha value is -2.40. The van der Waals surface area contributed by atoms with Crippen molar-refractivity contribution >= 4 is 11.8 Å². The fraction of sp³-hybridized carbons (Fsp3) is 0.500. The maximum Gasteiger partial charge on any atom is 0.416 e. The molecule has 0 unspecified atom stereocenters. The molecule has 176 valence electrons. The number of oxazole rings is 1. The molecule has 1 aliphatic carbocycles. The van der Waals surface area contributed by atoms with Crippen LogP contribution in [0.5, 0.6) is 0 Å². The molecule has 1 saturated heterocycles. The zero-order chi connectivity index (χ0) is 23.4. The fourth-order valence-electron chi connectivity index (χ4n) is 4.88. The highest BCUT2D eigenvalue weighted by Gasteiger charge is 2.61. The van der Waals surface area contributed by atoms with E-state index in [0.717, 1.165) is 48.6 Å². The van der Waals surface area contributed by atoms with Crippen molar-refractivity contribution in [3.05, 3.63) is 47.2 Å². The molecule has 0 radical (unpaired) electrons. The molecule has 3 heterocycles. The predicted octanol–water partition coefficient (Wildman–Crippen LogP) is 4.69. The summed E-state index contributed by atoms with van der Waals surface area (Å²) in [5, 5.41) is 9.23. The molecule has 2 aliphatic rings. The third-order valence-electron chi connectivity index (χ3n) is 6.68. The number of aromatic nitrogens is 4. The first-order valence-corrected chi connectivity index (χ1v) is 11.7. The standard InChI is InChI=1S/C22H23F4N5OS/c1-13-18(32-12-27-13)19-28-29-20(30(19)2)33-7-3-6-31-10-15-9-21(15,11-31)16-5-4-14(8-17(16)23)22(24,25)26/h4-5,8,12,15H,3,6-7,9-11H2,1-2H3/t15-,21+/m0/s1. The van der Waals surface area contributed by atoms with E-state index in [1.165, 1.54) is 12.5 Å². The SMILES string of the molecule is Cc1ncoc1-c1nnc(SCCCN2C[C@@H]3C[C@@]3(c3ccc(C(F)(F)F)cc3F)C2)n1C. The summed E-state index contributed by atoms with van der Waals surface area (Å²) in [6.45, 7) is 4.23. The minimum atomic E-state index is -4.53. The van der Waals surface area contributed by atoms with E-state index in [1.807, 2.05) is 18.5 Å². The minimum Gasteiger partial charge on any atom is -0.440 e. The molecule has 33 heavy (non-hydrogen) atoms. The first kappa shape index (κ1) is 22.4. The average molecular weight is 482 g/mol. The Balaban J connectivity index is 1.15. The van der Waals surface area contributed by atoms with Crippen LogP contribution in [0.1, 0.15) is 29.7 Å². The number of benzene rings is 1. The summed E-state index contributed by atoms with van der Waals surface area (Å²) in [6, 6.07) is 2.96. The highest BCUT2D eigenvalue weighted by atomic mass is 32.2. The van der Waals surface area contributed by atoms with Crippen LogP contribution >= 0.6 is 11.8 Å². The number of fused-ring (bicyclic) bond motifs is 1. The zero-order valence-corrected chi connectivity index (χ0v) is 19.0. The molecule has 6 nitrogen and oxygen atoms in total. The molecule has 1 aliphatic heterocycles. The van der Waals surface area contributed by atoms with Crippen molar-refractivity contribution in [2.45, 2.75) is 36.5 Å². The molecule has 0 spiro atoms. The molecule has 1 aromatic carbocycles. The number of alkyl halides is 3. The van der Waals surface area contributed by atoms with Gasteiger partial charge in [-0.3, -0.25) is 0 Å². The molecule has 0 amide bonds. The van der Waals surface area contributed by atoms with Crippen LogP contribution < -0.4 is 0 Å². The van der Waals surface area contributed by atoms with Crippen molar-refractivity contribution in [3.63, 3.8) is 0 Å². The Morgan fingerprint density at radius 1 is 1.27 bits per heavy atom. The lowest BCUT2D eigenvalue weighted by molar-refractivity contribution is -0.137. The van der Waals surface area contributed by atoms with Gasteiger partial charge < -0.3 is 13.9 Å². The van der Waals surface area contributed by atoms with Gasteiger partial charge in [-0.1, -0.05) is 17.8 Å². The van der Waals surface area contributed by atoms with Crippen LogP contribution in [-0.2, 0) is 18.6 Å². The van der Waals surface area contributed by atoms with Gasteiger partial charge >= 0.3 is 6.18 Å². The molecule has 3 aromatic rings. The van der Waals surface area contributed by atoms with E-state index in [9.17, 15) is 17.6 Å². The van der Waals surface area contributed by atoms with Crippen molar-refractivity contribution in [2.75, 3.05) is 25.4 Å². The molecular formula is C22H23F4N5OS. The number of halogens is 4. The van der Waals surface area contributed by atoms with Gasteiger partial charge in [0.25, 0.3) is 0 Å². The van der Waals surface area contributed by atoms with Crippen molar-refractivity contribution in [2.24, 2.45) is 13.0 Å². The molecule has 1 saturated carbocycles. The van der Waals surface area contributed by atoms with Crippen LogP contribution in [0.2, 0.25) is 0 Å². The number of nitrogens with zero attached hydrogens (tertiary/aromatic N) is 5. The van der Waals surface area contributed by atoms with E-state index in [2.05, 4.69) is 20.1 Å². The van der Waals surface area contributed by atoms with Gasteiger partial charge in [0.15, 0.2) is 17.3 Å². The number of likely N-dealkylation sites (tertiary alicyclic amines) is 1. The van der Waals surface area contributed by atoms with Gasteiger partial charge in [0, 0.05) is 31.3 Å². The van der Waals surface area contributed by atoms with Crippen LogP contribution in [0.3, 0.4) is 0 Å². The fourth-order valence-corrected chi connectivity index (χ4v) is 5.71. The van der Waals surface area contributed by atoms with E-state index >= 15 is 0 Å². The van der Waals surface area contributed by atoms with Gasteiger partial charge in [-0.25, -0.2) is 9.37 Å². The average Bonchev–Trinajstić information content (AvgIpc) is 3.06. The van der Waals surface area contributed by atoms with Gasteiger partial charge in [0.05, 0.1) is 11.3 Å². The van der Waals surface area contributed by atoms with Gasteiger partial charge in [-0.05, 0) is 49.9 Å². The van der Waals surface area contributed by atoms with Crippen LogP contribution in [0, 0.1) is 18.7 Å². The summed E-state index contributed by atoms with van der Waals surface area (Å²) >= 11 is 1.60. The number of piperidine rings is 1. The first-order chi connectivity index (χ1) is 15.7. The Kier molecular flexibility index (Phi) is 5.51. The second-order valence-corrected chi connectivity index (χ2v) is 9.88. The highest BCUT2D eigenvalue weighted by Crippen LogP contribution is 2.59. The second-order valence-electron chi connectivity index (χ2n) is 8.82. The normalized spacial score (nSPS) is 22.7. The number of aryl methyl sites for hydroxylation is 1. The third kappa shape index (κ3) is 4.05. The monoisotopic (exact) mass is 481 g/mol. The van der Waals surface area contributed by atoms with Crippen LogP contribution in [0.15, 0.2) is 34.2 Å². The Morgan fingerprint density at radius 3 is 2.79 bits per heavy atom. The van der Waals surface area contributed by atoms with E-state index < -0.39 is 17.6 Å². The predicted molar refractivity (Wildman–Crippen MR) is 114 cm³/mol. The minimum absolute atomic E-state index is 0.308. The molecule has 0 N–H and O–H groups in total. The second kappa shape index (κ2) is 8.12. The van der Waals surface area contributed by atoms with Crippen molar-refractivity contribution < 1.29 is 22.0 Å². The lowest BCUT2D eigenvalue weighted by Crippen LogP contribution is -2.28. The smallest absolute Gasteiger partial charge is 0.416 e. The molecule has 0 bridgehead atoms. The number of thioether (sulfide) groups is 1. The van der Waals surface area contributed by atoms with Gasteiger partial charge in [0.2, 0.25) is 5.82 Å². The summed E-state index contributed by atoms with van der Waals surface area (Å²) in [5.41, 5.74) is -0.0937. The van der Waals surface area contributed by atoms with Gasteiger partial charge in [-0.2, -0.15) is 13.2 Å². The van der Waals surface area contributed by atoms with Crippen LogP contribution in [0.4, 0.5) is 17.6 Å². The largest absolute Gasteiger partial charge is 0.440 e. The maximum atomic E-state index is 14.5. The third-order valence-corrected chi connectivity index (χ3v) is 7.79. The van der Waals surface area contributed by atoms with E-state index in [-0.39, 0.29) is 5.41 Å². The van der Waals surface area contributed by atoms with Crippen molar-refractivity contribution in [3.8, 4) is 11.6 Å². The van der Waals surface area contributed by atoms with Crippen LogP contribution in [0.25, 0.3) is 11.6 Å². The quantitative estimate of drug-likeness (QED) is 0.277. The zero-order valence-electron chi connectivity index (χ0n) is 18.2. The molecule has 2 atom stereocenters. The van der Waals surface area contributed by atoms with Crippen molar-refractivity contribution in [1.82, 2.24) is 24.6 Å². The Bertz CT molecular complexity index is 1180. The maximum absolute atomic E-state index is 14.5. The Labute approximate surface area is 192 Å². The summed E-state index contributed by atoms with van der Waals surface area (Å²) in [6.07, 6.45) is -1.40. The topological polar surface area (TPSA) is 60.0 Å². The lowest BCUT2D eigenvalue weighted by Gasteiger charge is -2.21. The van der Waals surface area contributed by atoms with Gasteiger partial charge in [0.1, 0.15) is 5.82 Å². The first-order valence-electron chi connectivity index (χ1n) is 10.7. The summed E-state index contributed by atoms with van der Waals surface area (Å²) < 4.78 is 60.4. The lowest BCUT2D eigenvalue weighted by atomic mass is 9.93. The molecule has 11 heteroatoms. The number of rotatable bonds is 7. The number of hydrogen-bond acceptors (Lipinski definition) is 6. The molecule has 5 rings (SSSR count). The van der Waals surface area contributed by atoms with E-state index in [1.54, 1.807) is 11.8 Å². The highest BCUT2D eigenvalue weighted by molar-refractivity contribution is 7.99.